The molecule has 0 aliphatic carbocycles. The predicted octanol–water partition coefficient (Wildman–Crippen LogP) is -4.69. The van der Waals surface area contributed by atoms with Gasteiger partial charge in [-0.05, 0) is 48.4 Å². The van der Waals surface area contributed by atoms with Crippen molar-refractivity contribution in [3.05, 3.63) is 90.7 Å². The van der Waals surface area contributed by atoms with Gasteiger partial charge in [-0.15, -0.1) is 0 Å². The molecule has 28 heavy (non-hydrogen) atoms. The molecule has 0 aliphatic rings. The van der Waals surface area contributed by atoms with Gasteiger partial charge in [-0.1, -0.05) is 61.2 Å². The number of carbonyl (C=O) groups excluding carboxylic acids is 2. The van der Waals surface area contributed by atoms with Gasteiger partial charge in [0.25, 0.3) is 0 Å². The van der Waals surface area contributed by atoms with E-state index in [-0.39, 0.29) is 72.0 Å². The number of hydrogen-bond donors (Lipinski definition) is 0. The Bertz CT molecular complexity index is 770. The first-order valence-electron chi connectivity index (χ1n) is 8.22. The van der Waals surface area contributed by atoms with E-state index >= 15 is 0 Å². The molecular formula is C22H19Na2O4. The quantitative estimate of drug-likeness (QED) is 0.401. The van der Waals surface area contributed by atoms with Crippen molar-refractivity contribution in [2.24, 2.45) is 11.8 Å². The Hall–Kier alpha value is -0.880. The third-order valence-corrected chi connectivity index (χ3v) is 4.31. The fraction of sp³-hybridized carbons (Fsp3) is 0.182. The fourth-order valence-corrected chi connectivity index (χ4v) is 2.75. The van der Waals surface area contributed by atoms with E-state index in [2.05, 4.69) is 6.58 Å². The molecule has 0 fully saturated rings. The largest absolute Gasteiger partial charge is 1.00 e. The van der Waals surface area contributed by atoms with Gasteiger partial charge in [-0.2, -0.15) is 0 Å². The van der Waals surface area contributed by atoms with E-state index in [1.807, 2.05) is 0 Å². The van der Waals surface area contributed by atoms with Crippen LogP contribution in [0, 0.1) is 25.2 Å². The number of carboxylic acid groups (broad SMARTS) is 2. The van der Waals surface area contributed by atoms with Gasteiger partial charge in [-0.25, -0.2) is 0 Å². The van der Waals surface area contributed by atoms with E-state index in [0.29, 0.717) is 11.1 Å². The summed E-state index contributed by atoms with van der Waals surface area (Å²) in [5.41, 5.74) is 2.96. The minimum atomic E-state index is -1.41. The minimum Gasteiger partial charge on any atom is -0.550 e. The maximum Gasteiger partial charge on any atom is 1.00 e. The molecule has 2 unspecified atom stereocenters. The smallest absolute Gasteiger partial charge is 0.550 e. The molecule has 0 amide bonds. The summed E-state index contributed by atoms with van der Waals surface area (Å²) in [6, 6.07) is 14.0. The zero-order valence-corrected chi connectivity index (χ0v) is 20.3. The van der Waals surface area contributed by atoms with Crippen molar-refractivity contribution in [2.45, 2.75) is 12.8 Å². The predicted molar refractivity (Wildman–Crippen MR) is 95.1 cm³/mol. The molecule has 0 aliphatic heterocycles. The molecule has 0 saturated carbocycles. The van der Waals surface area contributed by atoms with E-state index in [1.165, 1.54) is 0 Å². The van der Waals surface area contributed by atoms with Crippen LogP contribution in [0.25, 0.3) is 6.08 Å². The normalized spacial score (nSPS) is 12.0. The molecule has 3 radical (unpaired) electrons. The van der Waals surface area contributed by atoms with Crippen molar-refractivity contribution >= 4 is 18.0 Å². The van der Waals surface area contributed by atoms with Crippen molar-refractivity contribution in [3.63, 3.8) is 0 Å². The van der Waals surface area contributed by atoms with Crippen molar-refractivity contribution in [1.82, 2.24) is 0 Å². The Morgan fingerprint density at radius 3 is 1.86 bits per heavy atom. The monoisotopic (exact) mass is 393 g/mol. The van der Waals surface area contributed by atoms with Crippen LogP contribution in [0.2, 0.25) is 0 Å². The van der Waals surface area contributed by atoms with Crippen molar-refractivity contribution in [3.8, 4) is 0 Å². The number of hydrogen-bond acceptors (Lipinski definition) is 4. The SMILES string of the molecule is [CH]c1ccc([CH]CC(C(=O)[O-])C(Cc2ccc(C=C)cc2)C(=O)[O-])cc1.[Na+].[Na+]. The molecule has 2 aromatic rings. The van der Waals surface area contributed by atoms with Crippen LogP contribution in [-0.2, 0) is 16.0 Å². The Morgan fingerprint density at radius 1 is 0.893 bits per heavy atom. The van der Waals surface area contributed by atoms with Gasteiger partial charge < -0.3 is 19.8 Å². The second-order valence-corrected chi connectivity index (χ2v) is 6.11. The Balaban J connectivity index is 0.00000364. The van der Waals surface area contributed by atoms with Crippen LogP contribution in [0.5, 0.6) is 0 Å². The van der Waals surface area contributed by atoms with E-state index < -0.39 is 23.8 Å². The van der Waals surface area contributed by atoms with Gasteiger partial charge >= 0.3 is 59.1 Å². The number of carbonyl (C=O) groups is 2. The van der Waals surface area contributed by atoms with Gasteiger partial charge in [0, 0.05) is 23.8 Å². The van der Waals surface area contributed by atoms with Crippen molar-refractivity contribution in [2.75, 3.05) is 0 Å². The molecule has 2 atom stereocenters. The number of aliphatic carboxylic acids is 2. The Morgan fingerprint density at radius 2 is 1.39 bits per heavy atom. The first-order chi connectivity index (χ1) is 12.4. The molecule has 0 spiro atoms. The minimum absolute atomic E-state index is 0. The standard InChI is InChI=1S/C22H21O4.2Na/c1-3-16-8-10-18(11-9-16)14-20(22(25)26)19(21(23)24)13-12-17-6-4-15(2)5-7-17;;/h2-12,19-20H,1,13-14H2,(H,23,24)(H,25,26);;/q;2*+1/p-2. The van der Waals surface area contributed by atoms with E-state index in [0.717, 1.165) is 11.1 Å². The third kappa shape index (κ3) is 8.24. The third-order valence-electron chi connectivity index (χ3n) is 4.31. The maximum atomic E-state index is 11.6. The summed E-state index contributed by atoms with van der Waals surface area (Å²) in [6.07, 6.45) is 3.41. The van der Waals surface area contributed by atoms with Crippen LogP contribution in [0.3, 0.4) is 0 Å². The number of benzene rings is 2. The summed E-state index contributed by atoms with van der Waals surface area (Å²) in [5, 5.41) is 23.1. The fourth-order valence-electron chi connectivity index (χ4n) is 2.75. The summed E-state index contributed by atoms with van der Waals surface area (Å²) < 4.78 is 0. The molecule has 2 aromatic carbocycles. The van der Waals surface area contributed by atoms with E-state index in [4.69, 9.17) is 6.92 Å². The summed E-state index contributed by atoms with van der Waals surface area (Å²) >= 11 is 0. The van der Waals surface area contributed by atoms with Crippen LogP contribution < -0.4 is 69.3 Å². The van der Waals surface area contributed by atoms with Crippen LogP contribution in [-0.4, -0.2) is 11.9 Å². The van der Waals surface area contributed by atoms with Gasteiger partial charge in [-0.3, -0.25) is 0 Å². The van der Waals surface area contributed by atoms with Crippen LogP contribution >= 0.6 is 0 Å². The second-order valence-electron chi connectivity index (χ2n) is 6.11. The van der Waals surface area contributed by atoms with Gasteiger partial charge in [0.15, 0.2) is 0 Å². The van der Waals surface area contributed by atoms with Gasteiger partial charge in [0.2, 0.25) is 0 Å². The first kappa shape index (κ1) is 27.1. The first-order valence-corrected chi connectivity index (χ1v) is 8.22. The number of carboxylic acids is 2. The molecule has 4 nitrogen and oxygen atoms in total. The Kier molecular flexibility index (Phi) is 12.9. The molecule has 0 saturated heterocycles. The topological polar surface area (TPSA) is 80.3 Å². The average molecular weight is 393 g/mol. The summed E-state index contributed by atoms with van der Waals surface area (Å²) in [6.45, 7) is 9.27. The molecule has 0 bridgehead atoms. The van der Waals surface area contributed by atoms with Crippen molar-refractivity contribution < 1.29 is 78.9 Å². The van der Waals surface area contributed by atoms with Crippen LogP contribution in [0.4, 0.5) is 0 Å². The molecule has 0 N–H and O–H groups in total. The molecule has 6 heteroatoms. The summed E-state index contributed by atoms with van der Waals surface area (Å²) in [4.78, 5) is 23.1. The molecule has 0 aromatic heterocycles. The van der Waals surface area contributed by atoms with Crippen LogP contribution in [0.15, 0.2) is 55.1 Å². The average Bonchev–Trinajstić information content (AvgIpc) is 2.62. The molecule has 133 valence electrons. The summed E-state index contributed by atoms with van der Waals surface area (Å²) in [7, 11) is 0. The van der Waals surface area contributed by atoms with Gasteiger partial charge in [0.1, 0.15) is 0 Å². The molecule has 0 heterocycles. The molecular weight excluding hydrogens is 374 g/mol. The Labute approximate surface area is 210 Å². The molecule has 2 rings (SSSR count). The maximum absolute atomic E-state index is 11.6. The second kappa shape index (κ2) is 13.4. The number of rotatable bonds is 9. The summed E-state index contributed by atoms with van der Waals surface area (Å²) in [5.74, 6) is -5.21. The van der Waals surface area contributed by atoms with E-state index in [1.54, 1.807) is 61.0 Å². The zero-order chi connectivity index (χ0) is 19.1. The van der Waals surface area contributed by atoms with Crippen molar-refractivity contribution in [1.29, 1.82) is 0 Å². The zero-order valence-electron chi connectivity index (χ0n) is 16.3. The van der Waals surface area contributed by atoms with Crippen LogP contribution in [0.1, 0.15) is 28.7 Å². The van der Waals surface area contributed by atoms with Gasteiger partial charge in [0.05, 0.1) is 0 Å². The van der Waals surface area contributed by atoms with E-state index in [9.17, 15) is 19.8 Å².